The molecule has 1 saturated heterocycles. The largest absolute Gasteiger partial charge is 0.357 e. The number of aromatic nitrogens is 2. The summed E-state index contributed by atoms with van der Waals surface area (Å²) in [6.45, 7) is 2.02. The third-order valence-electron chi connectivity index (χ3n) is 4.62. The number of benzene rings is 1. The van der Waals surface area contributed by atoms with Crippen LogP contribution in [0.15, 0.2) is 41.9 Å². The molecule has 0 atom stereocenters. The Labute approximate surface area is 165 Å². The molecule has 0 bridgehead atoms. The van der Waals surface area contributed by atoms with Crippen LogP contribution in [0.1, 0.15) is 28.9 Å². The highest BCUT2D eigenvalue weighted by molar-refractivity contribution is 7.13. The summed E-state index contributed by atoms with van der Waals surface area (Å²) >= 11 is 1.35. The molecule has 0 saturated carbocycles. The van der Waals surface area contributed by atoms with Crippen molar-refractivity contribution in [3.63, 3.8) is 0 Å². The Morgan fingerprint density at radius 1 is 1.18 bits per heavy atom. The minimum absolute atomic E-state index is 0.0378. The summed E-state index contributed by atoms with van der Waals surface area (Å²) in [5, 5.41) is 4.95. The fraction of sp³-hybridized carbons (Fsp3) is 0.250. The van der Waals surface area contributed by atoms with Crippen molar-refractivity contribution in [3.8, 4) is 10.6 Å². The number of amides is 1. The lowest BCUT2D eigenvalue weighted by Crippen LogP contribution is -2.23. The van der Waals surface area contributed by atoms with E-state index < -0.39 is 17.5 Å². The third kappa shape index (κ3) is 4.01. The average molecular weight is 400 g/mol. The number of anilines is 1. The van der Waals surface area contributed by atoms with Gasteiger partial charge in [0.2, 0.25) is 0 Å². The second kappa shape index (κ2) is 8.02. The van der Waals surface area contributed by atoms with Crippen molar-refractivity contribution >= 4 is 23.1 Å². The van der Waals surface area contributed by atoms with Crippen LogP contribution in [0.2, 0.25) is 0 Å². The standard InChI is InChI=1S/C20H18F2N4OS/c21-15-5-3-13(16(22)9-15)10-24-19(27)17-12-28-20(25-17)14-4-6-18(23-11-14)26-7-1-2-8-26/h3-6,9,11-12H,1-2,7-8,10H2,(H,24,27). The molecule has 0 radical (unpaired) electrons. The first kappa shape index (κ1) is 18.5. The molecule has 1 N–H and O–H groups in total. The first-order valence-corrected chi connectivity index (χ1v) is 9.87. The topological polar surface area (TPSA) is 58.1 Å². The first-order valence-electron chi connectivity index (χ1n) is 8.99. The minimum atomic E-state index is -0.691. The third-order valence-corrected chi connectivity index (χ3v) is 5.51. The van der Waals surface area contributed by atoms with E-state index in [4.69, 9.17) is 0 Å². The molecule has 1 aliphatic rings. The van der Waals surface area contributed by atoms with Crippen LogP contribution in [-0.2, 0) is 6.54 Å². The average Bonchev–Trinajstić information content (AvgIpc) is 3.39. The monoisotopic (exact) mass is 400 g/mol. The van der Waals surface area contributed by atoms with Gasteiger partial charge in [-0.05, 0) is 31.0 Å². The number of nitrogens with zero attached hydrogens (tertiary/aromatic N) is 3. The van der Waals surface area contributed by atoms with Crippen LogP contribution in [0.5, 0.6) is 0 Å². The zero-order chi connectivity index (χ0) is 19.5. The molecule has 3 heterocycles. The van der Waals surface area contributed by atoms with Gasteiger partial charge < -0.3 is 10.2 Å². The van der Waals surface area contributed by atoms with Crippen molar-refractivity contribution in [2.75, 3.05) is 18.0 Å². The van der Waals surface area contributed by atoms with Gasteiger partial charge in [-0.1, -0.05) is 6.07 Å². The summed E-state index contributed by atoms with van der Waals surface area (Å²) in [7, 11) is 0. The summed E-state index contributed by atoms with van der Waals surface area (Å²) in [5.41, 5.74) is 1.31. The number of carbonyl (C=O) groups excluding carboxylic acids is 1. The van der Waals surface area contributed by atoms with E-state index in [0.29, 0.717) is 5.01 Å². The van der Waals surface area contributed by atoms with Crippen molar-refractivity contribution < 1.29 is 13.6 Å². The van der Waals surface area contributed by atoms with Gasteiger partial charge in [-0.15, -0.1) is 11.3 Å². The molecule has 5 nitrogen and oxygen atoms in total. The Morgan fingerprint density at radius 2 is 2.00 bits per heavy atom. The Bertz CT molecular complexity index is 984. The SMILES string of the molecule is O=C(NCc1ccc(F)cc1F)c1csc(-c2ccc(N3CCCC3)nc2)n1. The molecule has 1 aromatic carbocycles. The highest BCUT2D eigenvalue weighted by Gasteiger charge is 2.15. The van der Waals surface area contributed by atoms with E-state index >= 15 is 0 Å². The number of rotatable bonds is 5. The minimum Gasteiger partial charge on any atom is -0.357 e. The van der Waals surface area contributed by atoms with Crippen molar-refractivity contribution in [3.05, 3.63) is 64.8 Å². The predicted octanol–water partition coefficient (Wildman–Crippen LogP) is 4.01. The van der Waals surface area contributed by atoms with E-state index in [2.05, 4.69) is 20.2 Å². The molecule has 3 aromatic rings. The summed E-state index contributed by atoms with van der Waals surface area (Å²) in [6.07, 6.45) is 4.15. The van der Waals surface area contributed by atoms with Crippen LogP contribution in [0, 0.1) is 11.6 Å². The molecular formula is C20H18F2N4OS. The number of hydrogen-bond donors (Lipinski definition) is 1. The van der Waals surface area contributed by atoms with Crippen LogP contribution in [0.4, 0.5) is 14.6 Å². The van der Waals surface area contributed by atoms with Gasteiger partial charge in [-0.25, -0.2) is 18.7 Å². The van der Waals surface area contributed by atoms with Crippen LogP contribution < -0.4 is 10.2 Å². The van der Waals surface area contributed by atoms with Crippen LogP contribution in [0.25, 0.3) is 10.6 Å². The molecule has 0 unspecified atom stereocenters. The highest BCUT2D eigenvalue weighted by Crippen LogP contribution is 2.26. The molecule has 1 amide bonds. The quantitative estimate of drug-likeness (QED) is 0.703. The molecule has 0 aliphatic carbocycles. The number of nitrogens with one attached hydrogen (secondary N) is 1. The summed E-state index contributed by atoms with van der Waals surface area (Å²) in [4.78, 5) is 23.4. The fourth-order valence-electron chi connectivity index (χ4n) is 3.09. The molecule has 0 spiro atoms. The van der Waals surface area contributed by atoms with Gasteiger partial charge >= 0.3 is 0 Å². The zero-order valence-electron chi connectivity index (χ0n) is 15.0. The van der Waals surface area contributed by atoms with Gasteiger partial charge in [0.05, 0.1) is 0 Å². The molecule has 1 fully saturated rings. The lowest BCUT2D eigenvalue weighted by molar-refractivity contribution is 0.0946. The molecule has 28 heavy (non-hydrogen) atoms. The maximum atomic E-state index is 13.7. The molecule has 8 heteroatoms. The van der Waals surface area contributed by atoms with Gasteiger partial charge in [-0.3, -0.25) is 4.79 Å². The van der Waals surface area contributed by atoms with Crippen LogP contribution in [0.3, 0.4) is 0 Å². The number of hydrogen-bond acceptors (Lipinski definition) is 5. The van der Waals surface area contributed by atoms with E-state index in [1.165, 1.54) is 30.2 Å². The van der Waals surface area contributed by atoms with Crippen molar-refractivity contribution in [1.82, 2.24) is 15.3 Å². The summed E-state index contributed by atoms with van der Waals surface area (Å²) in [5.74, 6) is -0.797. The van der Waals surface area contributed by atoms with E-state index in [-0.39, 0.29) is 17.8 Å². The van der Waals surface area contributed by atoms with Crippen molar-refractivity contribution in [2.45, 2.75) is 19.4 Å². The van der Waals surface area contributed by atoms with Gasteiger partial charge in [0.1, 0.15) is 28.2 Å². The maximum absolute atomic E-state index is 13.7. The molecule has 2 aromatic heterocycles. The first-order chi connectivity index (χ1) is 13.6. The number of carbonyl (C=O) groups is 1. The van der Waals surface area contributed by atoms with Crippen molar-refractivity contribution in [1.29, 1.82) is 0 Å². The van der Waals surface area contributed by atoms with E-state index in [1.807, 2.05) is 12.1 Å². The summed E-state index contributed by atoms with van der Waals surface area (Å²) in [6, 6.07) is 7.19. The number of pyridine rings is 1. The second-order valence-electron chi connectivity index (χ2n) is 6.56. The van der Waals surface area contributed by atoms with Gasteiger partial charge in [0.25, 0.3) is 5.91 Å². The molecule has 1 aliphatic heterocycles. The Morgan fingerprint density at radius 3 is 2.71 bits per heavy atom. The normalized spacial score (nSPS) is 13.7. The van der Waals surface area contributed by atoms with E-state index in [1.54, 1.807) is 11.6 Å². The Balaban J connectivity index is 1.41. The second-order valence-corrected chi connectivity index (χ2v) is 7.41. The van der Waals surface area contributed by atoms with E-state index in [9.17, 15) is 13.6 Å². The molecule has 144 valence electrons. The lowest BCUT2D eigenvalue weighted by Gasteiger charge is -2.15. The lowest BCUT2D eigenvalue weighted by atomic mass is 10.2. The van der Waals surface area contributed by atoms with Gasteiger partial charge in [-0.2, -0.15) is 0 Å². The van der Waals surface area contributed by atoms with E-state index in [0.717, 1.165) is 36.6 Å². The Kier molecular flexibility index (Phi) is 5.29. The summed E-state index contributed by atoms with van der Waals surface area (Å²) < 4.78 is 26.6. The highest BCUT2D eigenvalue weighted by atomic mass is 32.1. The number of thiazole rings is 1. The van der Waals surface area contributed by atoms with Crippen molar-refractivity contribution in [2.24, 2.45) is 0 Å². The Hall–Kier alpha value is -2.87. The fourth-order valence-corrected chi connectivity index (χ4v) is 3.88. The molecule has 4 rings (SSSR count). The zero-order valence-corrected chi connectivity index (χ0v) is 15.8. The maximum Gasteiger partial charge on any atom is 0.271 e. The molecular weight excluding hydrogens is 382 g/mol. The van der Waals surface area contributed by atoms with Gasteiger partial charge in [0, 0.05) is 48.4 Å². The predicted molar refractivity (Wildman–Crippen MR) is 104 cm³/mol. The number of halogens is 2. The van der Waals surface area contributed by atoms with Gasteiger partial charge in [0.15, 0.2) is 0 Å². The smallest absolute Gasteiger partial charge is 0.271 e. The van der Waals surface area contributed by atoms with Crippen LogP contribution >= 0.6 is 11.3 Å². The van der Waals surface area contributed by atoms with Crippen LogP contribution in [-0.4, -0.2) is 29.0 Å².